The van der Waals surface area contributed by atoms with Crippen LogP contribution in [0.25, 0.3) is 0 Å². The molecule has 0 amide bonds. The molecule has 0 aliphatic rings. The molecule has 0 fully saturated rings. The zero-order chi connectivity index (χ0) is 8.10. The summed E-state index contributed by atoms with van der Waals surface area (Å²) in [6.07, 6.45) is 0. The molecule has 0 aliphatic heterocycles. The largest absolute Gasteiger partial charge is 0.449 e. The van der Waals surface area contributed by atoms with E-state index in [4.69, 9.17) is 16.0 Å². The van der Waals surface area contributed by atoms with Crippen LogP contribution >= 0.6 is 39.3 Å². The zero-order valence-corrected chi connectivity index (χ0v) is 9.01. The van der Waals surface area contributed by atoms with Gasteiger partial charge in [-0.05, 0) is 23.7 Å². The van der Waals surface area contributed by atoms with Crippen LogP contribution in [0.4, 0.5) is 0 Å². The third-order valence-electron chi connectivity index (χ3n) is 1.09. The highest BCUT2D eigenvalue weighted by atomic mass is 79.9. The first-order valence-corrected chi connectivity index (χ1v) is 5.86. The Balaban J connectivity index is 2.27. The summed E-state index contributed by atoms with van der Waals surface area (Å²) >= 11 is 10.8. The summed E-state index contributed by atoms with van der Waals surface area (Å²) in [5.41, 5.74) is 0. The molecule has 0 saturated heterocycles. The summed E-state index contributed by atoms with van der Waals surface area (Å²) in [6.45, 7) is 0. The predicted molar refractivity (Wildman–Crippen MR) is 53.7 cm³/mol. The average molecular weight is 256 g/mol. The topological polar surface area (TPSA) is 13.1 Å². The van der Waals surface area contributed by atoms with Crippen molar-refractivity contribution in [2.45, 2.75) is 5.75 Å². The maximum atomic E-state index is 5.59. The maximum Gasteiger partial charge on any atom is 0.193 e. The van der Waals surface area contributed by atoms with Crippen LogP contribution < -0.4 is 0 Å². The molecular weight excluding hydrogens is 247 g/mol. The van der Waals surface area contributed by atoms with Crippen molar-refractivity contribution in [1.82, 2.24) is 0 Å². The van der Waals surface area contributed by atoms with Gasteiger partial charge in [0, 0.05) is 11.1 Å². The Kier molecular flexibility index (Phi) is 4.41. The number of hydrogen-bond acceptors (Lipinski definition) is 2. The van der Waals surface area contributed by atoms with E-state index >= 15 is 0 Å². The molecule has 62 valence electrons. The van der Waals surface area contributed by atoms with Gasteiger partial charge in [-0.25, -0.2) is 0 Å². The quantitative estimate of drug-likeness (QED) is 0.603. The Bertz CT molecular complexity index is 214. The van der Waals surface area contributed by atoms with Gasteiger partial charge in [0.2, 0.25) is 0 Å². The molecule has 0 N–H and O–H groups in total. The van der Waals surface area contributed by atoms with E-state index < -0.39 is 0 Å². The first-order valence-electron chi connectivity index (χ1n) is 3.21. The van der Waals surface area contributed by atoms with Crippen molar-refractivity contribution in [3.8, 4) is 0 Å². The standard InChI is InChI=1S/C7H8BrClOS/c8-3-4-11-5-6-1-2-7(9)10-6/h1-2H,3-5H2. The normalized spacial score (nSPS) is 10.4. The van der Waals surface area contributed by atoms with Crippen molar-refractivity contribution in [3.05, 3.63) is 23.1 Å². The molecule has 1 heterocycles. The highest BCUT2D eigenvalue weighted by molar-refractivity contribution is 9.09. The van der Waals surface area contributed by atoms with Crippen LogP contribution in [-0.4, -0.2) is 11.1 Å². The lowest BCUT2D eigenvalue weighted by Gasteiger charge is -1.93. The van der Waals surface area contributed by atoms with E-state index in [1.807, 2.05) is 17.8 Å². The van der Waals surface area contributed by atoms with Crippen molar-refractivity contribution in [3.63, 3.8) is 0 Å². The molecule has 0 aromatic carbocycles. The molecule has 0 unspecified atom stereocenters. The van der Waals surface area contributed by atoms with Crippen LogP contribution in [0.5, 0.6) is 0 Å². The molecule has 0 atom stereocenters. The summed E-state index contributed by atoms with van der Waals surface area (Å²) < 4.78 is 5.16. The maximum absolute atomic E-state index is 5.59. The lowest BCUT2D eigenvalue weighted by atomic mass is 10.5. The minimum Gasteiger partial charge on any atom is -0.449 e. The monoisotopic (exact) mass is 254 g/mol. The number of alkyl halides is 1. The Morgan fingerprint density at radius 2 is 2.36 bits per heavy atom. The van der Waals surface area contributed by atoms with Gasteiger partial charge in [-0.2, -0.15) is 11.8 Å². The average Bonchev–Trinajstić information content (AvgIpc) is 2.37. The van der Waals surface area contributed by atoms with E-state index in [-0.39, 0.29) is 0 Å². The van der Waals surface area contributed by atoms with E-state index in [1.165, 1.54) is 0 Å². The van der Waals surface area contributed by atoms with Gasteiger partial charge in [-0.15, -0.1) is 0 Å². The van der Waals surface area contributed by atoms with Crippen molar-refractivity contribution in [2.75, 3.05) is 11.1 Å². The van der Waals surface area contributed by atoms with Crippen molar-refractivity contribution < 1.29 is 4.42 Å². The number of hydrogen-bond donors (Lipinski definition) is 0. The molecule has 1 nitrogen and oxygen atoms in total. The molecule has 11 heavy (non-hydrogen) atoms. The SMILES string of the molecule is Clc1ccc(CSCCBr)o1. The lowest BCUT2D eigenvalue weighted by Crippen LogP contribution is -1.80. The van der Waals surface area contributed by atoms with Crippen molar-refractivity contribution >= 4 is 39.3 Å². The molecule has 0 spiro atoms. The number of thioether (sulfide) groups is 1. The summed E-state index contributed by atoms with van der Waals surface area (Å²) in [6, 6.07) is 3.68. The fraction of sp³-hybridized carbons (Fsp3) is 0.429. The minimum atomic E-state index is 0.472. The van der Waals surface area contributed by atoms with E-state index in [0.717, 1.165) is 22.6 Å². The summed E-state index contributed by atoms with van der Waals surface area (Å²) in [5, 5.41) is 1.49. The molecule has 1 aromatic heterocycles. The fourth-order valence-electron chi connectivity index (χ4n) is 0.657. The number of rotatable bonds is 4. The van der Waals surface area contributed by atoms with Gasteiger partial charge in [0.15, 0.2) is 5.22 Å². The molecule has 0 radical (unpaired) electrons. The Morgan fingerprint density at radius 3 is 2.91 bits per heavy atom. The first-order chi connectivity index (χ1) is 5.33. The van der Waals surface area contributed by atoms with Crippen LogP contribution in [-0.2, 0) is 5.75 Å². The van der Waals surface area contributed by atoms with Crippen LogP contribution in [0, 0.1) is 0 Å². The molecule has 0 aliphatic carbocycles. The molecule has 1 rings (SSSR count). The predicted octanol–water partition coefficient (Wildman–Crippen LogP) is 3.56. The van der Waals surface area contributed by atoms with E-state index in [9.17, 15) is 0 Å². The van der Waals surface area contributed by atoms with Gasteiger partial charge >= 0.3 is 0 Å². The molecular formula is C7H8BrClOS. The Hall–Kier alpha value is 0.400. The molecule has 1 aromatic rings. The molecule has 0 bridgehead atoms. The number of furan rings is 1. The summed E-state index contributed by atoms with van der Waals surface area (Å²) in [4.78, 5) is 0. The first kappa shape index (κ1) is 9.49. The zero-order valence-electron chi connectivity index (χ0n) is 5.85. The number of halogens is 2. The highest BCUT2D eigenvalue weighted by Crippen LogP contribution is 2.18. The van der Waals surface area contributed by atoms with Gasteiger partial charge < -0.3 is 4.42 Å². The Morgan fingerprint density at radius 1 is 1.55 bits per heavy atom. The van der Waals surface area contributed by atoms with Gasteiger partial charge in [-0.1, -0.05) is 15.9 Å². The van der Waals surface area contributed by atoms with Crippen LogP contribution in [0.15, 0.2) is 16.5 Å². The van der Waals surface area contributed by atoms with Gasteiger partial charge in [-0.3, -0.25) is 0 Å². The van der Waals surface area contributed by atoms with E-state index in [1.54, 1.807) is 6.07 Å². The third-order valence-corrected chi connectivity index (χ3v) is 3.20. The minimum absolute atomic E-state index is 0.472. The van der Waals surface area contributed by atoms with E-state index in [2.05, 4.69) is 15.9 Å². The van der Waals surface area contributed by atoms with Crippen LogP contribution in [0.1, 0.15) is 5.76 Å². The van der Waals surface area contributed by atoms with Gasteiger partial charge in [0.25, 0.3) is 0 Å². The second kappa shape index (κ2) is 5.12. The molecule has 4 heteroatoms. The van der Waals surface area contributed by atoms with Gasteiger partial charge in [0.1, 0.15) is 5.76 Å². The third kappa shape index (κ3) is 3.54. The van der Waals surface area contributed by atoms with Crippen molar-refractivity contribution in [1.29, 1.82) is 0 Å². The smallest absolute Gasteiger partial charge is 0.193 e. The lowest BCUT2D eigenvalue weighted by molar-refractivity contribution is 0.532. The summed E-state index contributed by atoms with van der Waals surface area (Å²) in [7, 11) is 0. The van der Waals surface area contributed by atoms with Gasteiger partial charge in [0.05, 0.1) is 5.75 Å². The van der Waals surface area contributed by atoms with Crippen LogP contribution in [0.3, 0.4) is 0 Å². The Labute approximate surface area is 83.6 Å². The van der Waals surface area contributed by atoms with Crippen molar-refractivity contribution in [2.24, 2.45) is 0 Å². The second-order valence-corrected chi connectivity index (χ2v) is 4.22. The van der Waals surface area contributed by atoms with E-state index in [0.29, 0.717) is 5.22 Å². The highest BCUT2D eigenvalue weighted by Gasteiger charge is 1.98. The second-order valence-electron chi connectivity index (χ2n) is 1.95. The molecule has 0 saturated carbocycles. The fourth-order valence-corrected chi connectivity index (χ4v) is 2.12. The summed E-state index contributed by atoms with van der Waals surface area (Å²) in [5.74, 6) is 2.94. The van der Waals surface area contributed by atoms with Crippen LogP contribution in [0.2, 0.25) is 5.22 Å².